The van der Waals surface area contributed by atoms with E-state index in [0.29, 0.717) is 17.7 Å². The van der Waals surface area contributed by atoms with E-state index >= 15 is 0 Å². The van der Waals surface area contributed by atoms with Crippen molar-refractivity contribution in [1.82, 2.24) is 52.7 Å². The molecule has 0 aliphatic carbocycles. The average molecular weight is 1810 g/mol. The average Bonchev–Trinajstić information content (AvgIpc) is 1.58. The van der Waals surface area contributed by atoms with Crippen molar-refractivity contribution in [1.29, 1.82) is 0 Å². The van der Waals surface area contributed by atoms with Crippen LogP contribution in [0.2, 0.25) is 0 Å². The van der Waals surface area contributed by atoms with Crippen molar-refractivity contribution in [2.75, 3.05) is 0 Å². The number of rotatable bonds is 10. The SMILES string of the molecule is CC(C)(C)c1nc(-n2c3ccccc3c3cc(-c4ccc5c(c4)c4ccccc4n5-c4ccccc4)ccc32)nc2ccccc12.Cc1cccc(-c2nc(-n3c4ccccc4c4cc(-c5ccc6c(c5)c5ccccc5n6-c5ccccc5)ccc43)nc3ccccc23)c1.c1ccc2c(c1)ccc1c2c2ccccc2n1-c1ccc(-c2nc(-c3cccc4c3oc3ccccc34)c3ccccc3n2)cc1. The van der Waals surface area contributed by atoms with Gasteiger partial charge in [-0.3, -0.25) is 9.13 Å². The van der Waals surface area contributed by atoms with Crippen LogP contribution in [0.4, 0.5) is 0 Å². The zero-order valence-corrected chi connectivity index (χ0v) is 77.6. The van der Waals surface area contributed by atoms with Crippen molar-refractivity contribution in [2.45, 2.75) is 33.1 Å². The Morgan fingerprint density at radius 1 is 0.220 bits per heavy atom. The molecule has 0 spiro atoms. The highest BCUT2D eigenvalue weighted by molar-refractivity contribution is 6.22. The molecule has 0 aliphatic heterocycles. The van der Waals surface area contributed by atoms with Crippen molar-refractivity contribution in [3.05, 3.63) is 466 Å². The van der Waals surface area contributed by atoms with Gasteiger partial charge in [0.1, 0.15) is 11.2 Å². The molecule has 9 heterocycles. The molecule has 0 unspecified atom stereocenters. The predicted molar refractivity (Wildman–Crippen MR) is 586 cm³/mol. The van der Waals surface area contributed by atoms with E-state index in [0.717, 1.165) is 122 Å². The number of nitrogens with zero attached hydrogens (tertiary/aromatic N) is 11. The molecule has 0 radical (unpaired) electrons. The smallest absolute Gasteiger partial charge is 0.235 e. The Bertz CT molecular complexity index is 10200. The third kappa shape index (κ3) is 13.6. The lowest BCUT2D eigenvalue weighted by Gasteiger charge is -2.21. The molecular weight excluding hydrogens is 1720 g/mol. The molecule has 664 valence electrons. The quantitative estimate of drug-likeness (QED) is 0.134. The van der Waals surface area contributed by atoms with E-state index in [1.54, 1.807) is 0 Å². The minimum atomic E-state index is -0.133. The fraction of sp³-hybridized carbons (Fsp3) is 0.0388. The number of benzene rings is 20. The Hall–Kier alpha value is -18.5. The van der Waals surface area contributed by atoms with Crippen LogP contribution in [-0.2, 0) is 5.41 Å². The van der Waals surface area contributed by atoms with Gasteiger partial charge in [0, 0.05) is 120 Å². The van der Waals surface area contributed by atoms with Gasteiger partial charge in [-0.05, 0) is 210 Å². The summed E-state index contributed by atoms with van der Waals surface area (Å²) in [6, 6.07) is 161. The van der Waals surface area contributed by atoms with Gasteiger partial charge in [-0.15, -0.1) is 0 Å². The van der Waals surface area contributed by atoms with Crippen LogP contribution in [0.1, 0.15) is 32.0 Å². The Morgan fingerprint density at radius 3 is 1.13 bits per heavy atom. The minimum absolute atomic E-state index is 0.133. The van der Waals surface area contributed by atoms with Crippen LogP contribution in [0.15, 0.2) is 459 Å². The van der Waals surface area contributed by atoms with Crippen LogP contribution in [0, 0.1) is 6.92 Å². The second kappa shape index (κ2) is 32.9. The molecule has 0 amide bonds. The number of hydrogen-bond acceptors (Lipinski definition) is 7. The van der Waals surface area contributed by atoms with Crippen molar-refractivity contribution < 1.29 is 4.42 Å². The van der Waals surface area contributed by atoms with Crippen LogP contribution >= 0.6 is 0 Å². The number of hydrogen-bond donors (Lipinski definition) is 0. The lowest BCUT2D eigenvalue weighted by Crippen LogP contribution is -2.17. The highest BCUT2D eigenvalue weighted by Crippen LogP contribution is 2.46. The molecule has 0 saturated carbocycles. The summed E-state index contributed by atoms with van der Waals surface area (Å²) in [6.07, 6.45) is 0. The van der Waals surface area contributed by atoms with E-state index < -0.39 is 0 Å². The first kappa shape index (κ1) is 82.0. The molecule has 29 aromatic rings. The van der Waals surface area contributed by atoms with Crippen LogP contribution in [0.25, 0.3) is 260 Å². The Morgan fingerprint density at radius 2 is 0.596 bits per heavy atom. The number of para-hydroxylation sites is 12. The molecule has 20 aromatic carbocycles. The van der Waals surface area contributed by atoms with Gasteiger partial charge in [-0.25, -0.2) is 29.9 Å². The van der Waals surface area contributed by atoms with E-state index in [1.807, 2.05) is 36.4 Å². The van der Waals surface area contributed by atoms with Crippen molar-refractivity contribution in [2.24, 2.45) is 0 Å². The first-order valence-electron chi connectivity index (χ1n) is 48.0. The molecule has 0 bridgehead atoms. The first-order valence-corrected chi connectivity index (χ1v) is 48.0. The number of fused-ring (bicyclic) bond motifs is 23. The zero-order valence-electron chi connectivity index (χ0n) is 77.6. The fourth-order valence-electron chi connectivity index (χ4n) is 21.8. The van der Waals surface area contributed by atoms with Gasteiger partial charge >= 0.3 is 0 Å². The maximum Gasteiger partial charge on any atom is 0.235 e. The van der Waals surface area contributed by atoms with Crippen LogP contribution in [0.5, 0.6) is 0 Å². The van der Waals surface area contributed by atoms with Gasteiger partial charge in [0.05, 0.1) is 88.8 Å². The Kier molecular flexibility index (Phi) is 19.1. The highest BCUT2D eigenvalue weighted by Gasteiger charge is 2.27. The molecular formula is C129H87N11O. The summed E-state index contributed by atoms with van der Waals surface area (Å²) >= 11 is 0. The van der Waals surface area contributed by atoms with E-state index in [4.69, 9.17) is 34.3 Å². The molecule has 0 saturated heterocycles. The molecule has 12 heteroatoms. The van der Waals surface area contributed by atoms with Gasteiger partial charge in [-0.2, -0.15) is 0 Å². The molecule has 0 atom stereocenters. The molecule has 0 aliphatic rings. The first-order chi connectivity index (χ1) is 69.5. The largest absolute Gasteiger partial charge is 0.455 e. The molecule has 12 nitrogen and oxygen atoms in total. The summed E-state index contributed by atoms with van der Waals surface area (Å²) in [6.45, 7) is 8.78. The second-order valence-corrected chi connectivity index (χ2v) is 37.7. The maximum absolute atomic E-state index is 6.42. The molecule has 0 N–H and O–H groups in total. The van der Waals surface area contributed by atoms with Gasteiger partial charge in [0.15, 0.2) is 5.82 Å². The second-order valence-electron chi connectivity index (χ2n) is 37.7. The highest BCUT2D eigenvalue weighted by atomic mass is 16.3. The third-order valence-electron chi connectivity index (χ3n) is 28.2. The number of aromatic nitrogens is 11. The van der Waals surface area contributed by atoms with Crippen molar-refractivity contribution in [3.8, 4) is 85.1 Å². The third-order valence-corrected chi connectivity index (χ3v) is 28.2. The maximum atomic E-state index is 6.42. The van der Waals surface area contributed by atoms with Crippen molar-refractivity contribution >= 4 is 174 Å². The Balaban J connectivity index is 0.000000106. The van der Waals surface area contributed by atoms with Gasteiger partial charge in [0.25, 0.3) is 0 Å². The van der Waals surface area contributed by atoms with Crippen LogP contribution < -0.4 is 0 Å². The monoisotopic (exact) mass is 1810 g/mol. The van der Waals surface area contributed by atoms with Crippen molar-refractivity contribution in [3.63, 3.8) is 0 Å². The number of furan rings is 1. The summed E-state index contributed by atoms with van der Waals surface area (Å²) in [5.74, 6) is 2.06. The lowest BCUT2D eigenvalue weighted by atomic mass is 9.89. The van der Waals surface area contributed by atoms with E-state index in [-0.39, 0.29) is 5.41 Å². The number of aryl methyl sites for hydroxylation is 1. The lowest BCUT2D eigenvalue weighted by molar-refractivity contribution is 0.572. The zero-order chi connectivity index (χ0) is 93.7. The van der Waals surface area contributed by atoms with Gasteiger partial charge < -0.3 is 18.1 Å². The van der Waals surface area contributed by atoms with E-state index in [2.05, 4.69) is 469 Å². The predicted octanol–water partition coefficient (Wildman–Crippen LogP) is 33.4. The molecule has 9 aromatic heterocycles. The summed E-state index contributed by atoms with van der Waals surface area (Å²) in [4.78, 5) is 31.0. The summed E-state index contributed by atoms with van der Waals surface area (Å²) < 4.78 is 18.0. The van der Waals surface area contributed by atoms with E-state index in [9.17, 15) is 0 Å². The Labute approximate surface area is 810 Å². The summed E-state index contributed by atoms with van der Waals surface area (Å²) in [7, 11) is 0. The minimum Gasteiger partial charge on any atom is -0.455 e. The standard InChI is InChI=1S/C45H30N4.C42H32N4.C42H25N3O/c1-29-12-11-13-32(26-29)44-36-18-5-8-19-39(36)46-45(47-44)49-41-21-10-7-17-35(41)38-28-31(23-25-43(38)49)30-22-24-42-37(27-30)34-16-6-9-20-40(34)48(42)33-14-3-2-4-15-33;1-42(2,3)40-32-17-7-10-18-35(32)43-41(44-40)46-37-20-12-9-16-31(37)34-26-28(22-24-39(34)46)27-21-23-38-33(25-27)30-15-8-11-19-36(30)45(38)29-13-5-4-6-14-29;1-2-11-29-26(10-1)22-25-37-39(29)33-14-4-7-18-36(33)45(37)28-23-20-27(21-24-28)42-43-35-17-6-3-13-32(35)40(44-42)34-16-9-15-31-30-12-5-8-19-38(30)46-41(31)34/h2-28H,1H3;4-26H,1-3H3;1-25H. The molecule has 141 heavy (non-hydrogen) atoms. The van der Waals surface area contributed by atoms with Gasteiger partial charge in [0.2, 0.25) is 11.9 Å². The van der Waals surface area contributed by atoms with Gasteiger partial charge in [-0.1, -0.05) is 311 Å². The topological polar surface area (TPSA) is 115 Å². The van der Waals surface area contributed by atoms with Crippen LogP contribution in [0.3, 0.4) is 0 Å². The molecule has 0 fully saturated rings. The van der Waals surface area contributed by atoms with Crippen LogP contribution in [-0.4, -0.2) is 52.7 Å². The van der Waals surface area contributed by atoms with E-state index in [1.165, 1.54) is 131 Å². The fourth-order valence-corrected chi connectivity index (χ4v) is 21.8. The normalized spacial score (nSPS) is 12.0. The summed E-state index contributed by atoms with van der Waals surface area (Å²) in [5.41, 5.74) is 31.2. The molecule has 29 rings (SSSR count). The summed E-state index contributed by atoms with van der Waals surface area (Å²) in [5, 5.41) is 20.1.